The molecule has 1 aliphatic heterocycles. The van der Waals surface area contributed by atoms with Gasteiger partial charge in [0, 0.05) is 71.1 Å². The SMILES string of the molecule is O[C@H](CN1CCN(CC=Cc2ccccc2)CC1)Cn1c2ccc(Cl)cc2c2cc(Cl)ccc21. The van der Waals surface area contributed by atoms with E-state index in [2.05, 4.69) is 50.8 Å². The summed E-state index contributed by atoms with van der Waals surface area (Å²) in [6, 6.07) is 22.2. The van der Waals surface area contributed by atoms with Gasteiger partial charge in [0.25, 0.3) is 0 Å². The minimum atomic E-state index is -0.463. The standard InChI is InChI=1S/C28H29Cl2N3O/c29-22-8-10-27-25(17-22)26-18-23(30)9-11-28(26)33(27)20-24(34)19-32-15-13-31(14-16-32)12-4-7-21-5-2-1-3-6-21/h1-11,17-18,24,34H,12-16,19-20H2/t24-/m1/s1. The first-order valence-corrected chi connectivity index (χ1v) is 12.5. The average molecular weight is 494 g/mol. The average Bonchev–Trinajstić information content (AvgIpc) is 3.12. The highest BCUT2D eigenvalue weighted by molar-refractivity contribution is 6.33. The highest BCUT2D eigenvalue weighted by Gasteiger charge is 2.20. The Morgan fingerprint density at radius 1 is 0.765 bits per heavy atom. The summed E-state index contributed by atoms with van der Waals surface area (Å²) in [7, 11) is 0. The zero-order valence-corrected chi connectivity index (χ0v) is 20.6. The number of aliphatic hydroxyl groups excluding tert-OH is 1. The lowest BCUT2D eigenvalue weighted by molar-refractivity contribution is 0.0688. The summed E-state index contributed by atoms with van der Waals surface area (Å²) in [5.41, 5.74) is 3.37. The van der Waals surface area contributed by atoms with Crippen LogP contribution in [-0.4, -0.2) is 64.8 Å². The van der Waals surface area contributed by atoms with Crippen LogP contribution < -0.4 is 0 Å². The van der Waals surface area contributed by atoms with Crippen LogP contribution >= 0.6 is 23.2 Å². The fraction of sp³-hybridized carbons (Fsp3) is 0.286. The molecule has 0 spiro atoms. The number of rotatable bonds is 7. The molecule has 34 heavy (non-hydrogen) atoms. The maximum atomic E-state index is 11.0. The van der Waals surface area contributed by atoms with E-state index >= 15 is 0 Å². The fourth-order valence-electron chi connectivity index (χ4n) is 4.87. The van der Waals surface area contributed by atoms with Gasteiger partial charge in [-0.25, -0.2) is 0 Å². The van der Waals surface area contributed by atoms with Crippen LogP contribution in [-0.2, 0) is 6.54 Å². The van der Waals surface area contributed by atoms with Crippen molar-refractivity contribution in [1.82, 2.24) is 14.4 Å². The maximum absolute atomic E-state index is 11.0. The third-order valence-electron chi connectivity index (χ3n) is 6.59. The van der Waals surface area contributed by atoms with Crippen LogP contribution in [0.1, 0.15) is 5.56 Å². The second-order valence-electron chi connectivity index (χ2n) is 9.00. The molecule has 0 saturated carbocycles. The molecule has 1 fully saturated rings. The van der Waals surface area contributed by atoms with Crippen molar-refractivity contribution in [3.8, 4) is 0 Å². The quantitative estimate of drug-likeness (QED) is 0.353. The topological polar surface area (TPSA) is 31.6 Å². The number of halogens is 2. The molecule has 0 bridgehead atoms. The van der Waals surface area contributed by atoms with Crippen molar-refractivity contribution in [3.63, 3.8) is 0 Å². The summed E-state index contributed by atoms with van der Waals surface area (Å²) < 4.78 is 2.19. The second kappa shape index (κ2) is 10.5. The molecule has 1 saturated heterocycles. The van der Waals surface area contributed by atoms with E-state index in [-0.39, 0.29) is 0 Å². The zero-order valence-electron chi connectivity index (χ0n) is 19.1. The number of benzene rings is 3. The van der Waals surface area contributed by atoms with E-state index in [1.54, 1.807) is 0 Å². The number of fused-ring (bicyclic) bond motifs is 3. The van der Waals surface area contributed by atoms with Crippen LogP contribution in [0.3, 0.4) is 0 Å². The van der Waals surface area contributed by atoms with Crippen LogP contribution in [0.5, 0.6) is 0 Å². The Bertz CT molecular complexity index is 1230. The molecule has 6 heteroatoms. The van der Waals surface area contributed by atoms with Crippen LogP contribution in [0, 0.1) is 0 Å². The van der Waals surface area contributed by atoms with E-state index < -0.39 is 6.10 Å². The van der Waals surface area contributed by atoms with Crippen molar-refractivity contribution < 1.29 is 5.11 Å². The summed E-state index contributed by atoms with van der Waals surface area (Å²) >= 11 is 12.5. The van der Waals surface area contributed by atoms with Crippen molar-refractivity contribution in [2.45, 2.75) is 12.6 Å². The number of hydrogen-bond acceptors (Lipinski definition) is 3. The highest BCUT2D eigenvalue weighted by atomic mass is 35.5. The molecule has 5 rings (SSSR count). The molecule has 0 amide bonds. The Balaban J connectivity index is 1.20. The third-order valence-corrected chi connectivity index (χ3v) is 7.06. The predicted octanol–water partition coefficient (Wildman–Crippen LogP) is 5.79. The summed E-state index contributed by atoms with van der Waals surface area (Å²) in [4.78, 5) is 4.83. The highest BCUT2D eigenvalue weighted by Crippen LogP contribution is 2.33. The Kier molecular flexibility index (Phi) is 7.23. The van der Waals surface area contributed by atoms with Crippen molar-refractivity contribution >= 4 is 51.1 Å². The summed E-state index contributed by atoms with van der Waals surface area (Å²) in [5, 5.41) is 14.5. The molecule has 2 heterocycles. The summed E-state index contributed by atoms with van der Waals surface area (Å²) in [5.74, 6) is 0. The van der Waals surface area contributed by atoms with Crippen molar-refractivity contribution in [2.24, 2.45) is 0 Å². The van der Waals surface area contributed by atoms with Gasteiger partial charge in [-0.05, 0) is 42.0 Å². The Labute approximate surface area is 210 Å². The van der Waals surface area contributed by atoms with Crippen LogP contribution in [0.25, 0.3) is 27.9 Å². The molecular formula is C28H29Cl2N3O. The first-order chi connectivity index (χ1) is 16.6. The van der Waals surface area contributed by atoms with Crippen LogP contribution in [0.2, 0.25) is 10.0 Å². The summed E-state index contributed by atoms with van der Waals surface area (Å²) in [6.45, 7) is 6.11. The monoisotopic (exact) mass is 493 g/mol. The lowest BCUT2D eigenvalue weighted by atomic mass is 10.1. The molecule has 4 aromatic rings. The van der Waals surface area contributed by atoms with Gasteiger partial charge in [-0.15, -0.1) is 0 Å². The van der Waals surface area contributed by atoms with Crippen molar-refractivity contribution in [3.05, 3.63) is 88.4 Å². The number of piperazine rings is 1. The largest absolute Gasteiger partial charge is 0.390 e. The molecule has 176 valence electrons. The summed E-state index contributed by atoms with van der Waals surface area (Å²) in [6.07, 6.45) is 3.96. The van der Waals surface area contributed by atoms with Gasteiger partial charge in [0.05, 0.1) is 12.6 Å². The van der Waals surface area contributed by atoms with E-state index in [0.29, 0.717) is 23.1 Å². The zero-order chi connectivity index (χ0) is 23.5. The van der Waals surface area contributed by atoms with Gasteiger partial charge in [-0.2, -0.15) is 0 Å². The normalized spacial score (nSPS) is 16.7. The van der Waals surface area contributed by atoms with Gasteiger partial charge in [-0.3, -0.25) is 9.80 Å². The minimum absolute atomic E-state index is 0.463. The van der Waals surface area contributed by atoms with E-state index in [4.69, 9.17) is 23.2 Å². The Morgan fingerprint density at radius 3 is 1.97 bits per heavy atom. The first-order valence-electron chi connectivity index (χ1n) is 11.8. The lowest BCUT2D eigenvalue weighted by Crippen LogP contribution is -2.48. The molecule has 0 unspecified atom stereocenters. The number of β-amino-alcohol motifs (C(OH)–C–C–N with tert-alkyl or cyclic N) is 1. The molecule has 4 nitrogen and oxygen atoms in total. The lowest BCUT2D eigenvalue weighted by Gasteiger charge is -2.35. The fourth-order valence-corrected chi connectivity index (χ4v) is 5.21. The van der Waals surface area contributed by atoms with Gasteiger partial charge in [0.1, 0.15) is 0 Å². The maximum Gasteiger partial charge on any atom is 0.0845 e. The van der Waals surface area contributed by atoms with Gasteiger partial charge in [-0.1, -0.05) is 65.7 Å². The van der Waals surface area contributed by atoms with Crippen molar-refractivity contribution in [2.75, 3.05) is 39.3 Å². The van der Waals surface area contributed by atoms with Gasteiger partial charge >= 0.3 is 0 Å². The van der Waals surface area contributed by atoms with Gasteiger partial charge in [0.2, 0.25) is 0 Å². The van der Waals surface area contributed by atoms with E-state index in [0.717, 1.165) is 54.5 Å². The third kappa shape index (κ3) is 5.32. The molecule has 1 aliphatic rings. The number of aromatic nitrogens is 1. The van der Waals surface area contributed by atoms with E-state index in [1.807, 2.05) is 42.5 Å². The van der Waals surface area contributed by atoms with E-state index in [9.17, 15) is 5.11 Å². The number of hydrogen-bond donors (Lipinski definition) is 1. The number of nitrogens with zero attached hydrogens (tertiary/aromatic N) is 3. The minimum Gasteiger partial charge on any atom is -0.390 e. The molecular weight excluding hydrogens is 465 g/mol. The molecule has 0 radical (unpaired) electrons. The van der Waals surface area contributed by atoms with Crippen molar-refractivity contribution in [1.29, 1.82) is 0 Å². The molecule has 0 aliphatic carbocycles. The predicted molar refractivity (Wildman–Crippen MR) is 144 cm³/mol. The molecule has 1 aromatic heterocycles. The Morgan fingerprint density at radius 2 is 1.35 bits per heavy atom. The van der Waals surface area contributed by atoms with Gasteiger partial charge < -0.3 is 9.67 Å². The van der Waals surface area contributed by atoms with E-state index in [1.165, 1.54) is 5.56 Å². The van der Waals surface area contributed by atoms with Crippen LogP contribution in [0.4, 0.5) is 0 Å². The van der Waals surface area contributed by atoms with Crippen LogP contribution in [0.15, 0.2) is 72.8 Å². The molecule has 1 atom stereocenters. The Hall–Kier alpha value is -2.34. The molecule has 3 aromatic carbocycles. The smallest absolute Gasteiger partial charge is 0.0845 e. The second-order valence-corrected chi connectivity index (χ2v) is 9.87. The number of aliphatic hydroxyl groups is 1. The molecule has 1 N–H and O–H groups in total. The first kappa shape index (κ1) is 23.4. The van der Waals surface area contributed by atoms with Gasteiger partial charge in [0.15, 0.2) is 0 Å².